The van der Waals surface area contributed by atoms with Crippen LogP contribution in [-0.4, -0.2) is 99.6 Å². The summed E-state index contributed by atoms with van der Waals surface area (Å²) >= 11 is 0. The number of ether oxygens (including phenoxy) is 3. The van der Waals surface area contributed by atoms with Gasteiger partial charge in [0, 0.05) is 6.42 Å². The second-order valence-corrected chi connectivity index (χ2v) is 21.5. The molecule has 11 heteroatoms. The van der Waals surface area contributed by atoms with Crippen LogP contribution in [0.1, 0.15) is 245 Å². The SMILES string of the molecule is CC/C=C/C=C/C=C\C=C/C=C/CCC(O)C(=O)NC(COC1OC(CO)C(O)C(O)C1OC(=O)CCCCCCCCCCCCCC/C=C\C/C=C\C/C=C\CCCCC)C(O)/C=C/CCCCCCCCCCCCC. The first kappa shape index (κ1) is 73.3. The van der Waals surface area contributed by atoms with Crippen molar-refractivity contribution in [3.63, 3.8) is 0 Å². The Morgan fingerprint density at radius 3 is 1.48 bits per heavy atom. The second kappa shape index (κ2) is 54.9. The number of aliphatic hydroxyl groups is 5. The molecule has 1 aliphatic rings. The molecular formula is C68H115NO10. The van der Waals surface area contributed by atoms with Crippen molar-refractivity contribution in [1.82, 2.24) is 5.32 Å². The van der Waals surface area contributed by atoms with Crippen molar-refractivity contribution in [1.29, 1.82) is 0 Å². The van der Waals surface area contributed by atoms with Gasteiger partial charge in [0.1, 0.15) is 24.4 Å². The molecule has 0 bridgehead atoms. The highest BCUT2D eigenvalue weighted by atomic mass is 16.7. The number of allylic oxidation sites excluding steroid dienone is 17. The van der Waals surface area contributed by atoms with E-state index in [2.05, 4.69) is 68.6 Å². The smallest absolute Gasteiger partial charge is 0.306 e. The molecule has 1 saturated heterocycles. The fraction of sp³-hybridized carbons (Fsp3) is 0.706. The highest BCUT2D eigenvalue weighted by molar-refractivity contribution is 5.80. The molecule has 1 heterocycles. The molecule has 6 N–H and O–H groups in total. The number of esters is 1. The monoisotopic (exact) mass is 1110 g/mol. The Labute approximate surface area is 481 Å². The number of amides is 1. The third kappa shape index (κ3) is 42.8. The standard InChI is InChI=1S/C68H115NO10/c1-4-7-10-13-16-19-22-25-26-27-28-29-30-31-32-33-34-35-36-38-41-44-47-50-53-56-63(73)79-66-65(75)64(74)62(57-70)78-68(66)77-58-59(60(71)54-51-48-45-42-40-37-23-20-17-14-11-8-5-2)69-67(76)61(72)55-52-49-46-43-39-24-21-18-15-12-9-6-3/h9,12,15-16,18-19,21,24-26,28-29,39,43,46,49,51,54,59-62,64-66,68,70-72,74-75H,4-8,10-11,13-14,17,20,22-23,27,30-38,40-42,44-45,47-48,50,52-53,55-58H2,1-3H3,(H,69,76)/b12-9+,18-15+,19-16-,24-21-,26-25-,29-28-,43-39-,49-46+,54-51+. The molecule has 8 atom stereocenters. The van der Waals surface area contributed by atoms with Gasteiger partial charge < -0.3 is 45.1 Å². The number of hydrogen-bond acceptors (Lipinski definition) is 10. The van der Waals surface area contributed by atoms with E-state index in [1.165, 1.54) is 128 Å². The normalized spacial score (nSPS) is 19.6. The topological polar surface area (TPSA) is 175 Å². The lowest BCUT2D eigenvalue weighted by Crippen LogP contribution is -2.61. The van der Waals surface area contributed by atoms with Crippen LogP contribution in [0.4, 0.5) is 0 Å². The third-order valence-electron chi connectivity index (χ3n) is 14.3. The highest BCUT2D eigenvalue weighted by Crippen LogP contribution is 2.26. The van der Waals surface area contributed by atoms with Crippen LogP contribution in [0.5, 0.6) is 0 Å². The maximum atomic E-state index is 13.3. The summed E-state index contributed by atoms with van der Waals surface area (Å²) < 4.78 is 17.6. The fourth-order valence-electron chi connectivity index (χ4n) is 9.27. The summed E-state index contributed by atoms with van der Waals surface area (Å²) in [6.07, 6.45) is 64.4. The number of aliphatic hydroxyl groups excluding tert-OH is 5. The zero-order chi connectivity index (χ0) is 57.5. The fourth-order valence-corrected chi connectivity index (χ4v) is 9.27. The number of carbonyl (C=O) groups excluding carboxylic acids is 2. The van der Waals surface area contributed by atoms with Gasteiger partial charge in [0.25, 0.3) is 0 Å². The molecular weight excluding hydrogens is 991 g/mol. The van der Waals surface area contributed by atoms with Gasteiger partial charge in [0.2, 0.25) is 5.91 Å². The van der Waals surface area contributed by atoms with Gasteiger partial charge in [-0.15, -0.1) is 0 Å². The van der Waals surface area contributed by atoms with Gasteiger partial charge in [-0.05, 0) is 77.0 Å². The summed E-state index contributed by atoms with van der Waals surface area (Å²) in [7, 11) is 0. The Kier molecular flexibility index (Phi) is 50.9. The molecule has 452 valence electrons. The average Bonchev–Trinajstić information content (AvgIpc) is 3.51. The van der Waals surface area contributed by atoms with Crippen LogP contribution < -0.4 is 5.32 Å². The van der Waals surface area contributed by atoms with E-state index in [9.17, 15) is 35.1 Å². The molecule has 11 nitrogen and oxygen atoms in total. The second-order valence-electron chi connectivity index (χ2n) is 21.5. The van der Waals surface area contributed by atoms with Gasteiger partial charge in [-0.25, -0.2) is 0 Å². The molecule has 79 heavy (non-hydrogen) atoms. The predicted molar refractivity (Wildman–Crippen MR) is 328 cm³/mol. The van der Waals surface area contributed by atoms with Crippen LogP contribution in [0.25, 0.3) is 0 Å². The van der Waals surface area contributed by atoms with Crippen LogP contribution >= 0.6 is 0 Å². The van der Waals surface area contributed by atoms with Crippen molar-refractivity contribution < 1.29 is 49.3 Å². The molecule has 0 aromatic carbocycles. The Morgan fingerprint density at radius 2 is 0.962 bits per heavy atom. The van der Waals surface area contributed by atoms with Crippen molar-refractivity contribution >= 4 is 11.9 Å². The maximum absolute atomic E-state index is 13.3. The summed E-state index contributed by atoms with van der Waals surface area (Å²) in [4.78, 5) is 26.5. The molecule has 8 unspecified atom stereocenters. The van der Waals surface area contributed by atoms with E-state index in [0.717, 1.165) is 70.6 Å². The first-order valence-corrected chi connectivity index (χ1v) is 31.7. The van der Waals surface area contributed by atoms with Crippen LogP contribution in [0, 0.1) is 0 Å². The molecule has 1 aliphatic heterocycles. The van der Waals surface area contributed by atoms with Gasteiger partial charge in [0.15, 0.2) is 12.4 Å². The minimum Gasteiger partial charge on any atom is -0.454 e. The molecule has 0 aromatic rings. The predicted octanol–water partition coefficient (Wildman–Crippen LogP) is 15.3. The third-order valence-corrected chi connectivity index (χ3v) is 14.3. The van der Waals surface area contributed by atoms with Crippen molar-refractivity contribution in [2.24, 2.45) is 0 Å². The molecule has 1 fully saturated rings. The van der Waals surface area contributed by atoms with Crippen LogP contribution in [0.15, 0.2) is 109 Å². The lowest BCUT2D eigenvalue weighted by molar-refractivity contribution is -0.305. The number of rotatable bonds is 52. The molecule has 0 aliphatic carbocycles. The summed E-state index contributed by atoms with van der Waals surface area (Å²) in [5.74, 6) is -1.28. The molecule has 0 radical (unpaired) electrons. The van der Waals surface area contributed by atoms with Gasteiger partial charge in [0.05, 0.1) is 25.4 Å². The minimum absolute atomic E-state index is 0.107. The molecule has 0 saturated carbocycles. The molecule has 0 spiro atoms. The van der Waals surface area contributed by atoms with Crippen LogP contribution in [0.3, 0.4) is 0 Å². The first-order valence-electron chi connectivity index (χ1n) is 31.7. The van der Waals surface area contributed by atoms with Crippen molar-refractivity contribution in [3.8, 4) is 0 Å². The Hall–Kier alpha value is -3.68. The summed E-state index contributed by atoms with van der Waals surface area (Å²) in [6.45, 7) is 5.56. The quantitative estimate of drug-likeness (QED) is 0.0149. The number of carbonyl (C=O) groups is 2. The number of nitrogens with one attached hydrogen (secondary N) is 1. The Morgan fingerprint density at radius 1 is 0.519 bits per heavy atom. The summed E-state index contributed by atoms with van der Waals surface area (Å²) in [5, 5.41) is 56.8. The Balaban J connectivity index is 2.63. The number of hydrogen-bond donors (Lipinski definition) is 6. The van der Waals surface area contributed by atoms with E-state index < -0.39 is 67.4 Å². The molecule has 1 rings (SSSR count). The van der Waals surface area contributed by atoms with E-state index in [1.54, 1.807) is 6.08 Å². The zero-order valence-corrected chi connectivity index (χ0v) is 50.0. The van der Waals surface area contributed by atoms with Gasteiger partial charge in [-0.2, -0.15) is 0 Å². The van der Waals surface area contributed by atoms with Crippen LogP contribution in [0.2, 0.25) is 0 Å². The summed E-state index contributed by atoms with van der Waals surface area (Å²) in [6, 6.07) is -1.07. The largest absolute Gasteiger partial charge is 0.454 e. The average molecular weight is 1110 g/mol. The van der Waals surface area contributed by atoms with E-state index in [0.29, 0.717) is 12.8 Å². The molecule has 0 aromatic heterocycles. The first-order chi connectivity index (χ1) is 38.7. The Bertz CT molecular complexity index is 1700. The zero-order valence-electron chi connectivity index (χ0n) is 50.0. The van der Waals surface area contributed by atoms with Gasteiger partial charge in [-0.1, -0.05) is 271 Å². The van der Waals surface area contributed by atoms with Gasteiger partial charge >= 0.3 is 5.97 Å². The van der Waals surface area contributed by atoms with E-state index >= 15 is 0 Å². The maximum Gasteiger partial charge on any atom is 0.306 e. The van der Waals surface area contributed by atoms with E-state index in [4.69, 9.17) is 14.2 Å². The lowest BCUT2D eigenvalue weighted by Gasteiger charge is -2.41. The van der Waals surface area contributed by atoms with E-state index in [-0.39, 0.29) is 19.4 Å². The molecule has 1 amide bonds. The van der Waals surface area contributed by atoms with Crippen LogP contribution in [-0.2, 0) is 23.8 Å². The summed E-state index contributed by atoms with van der Waals surface area (Å²) in [5.41, 5.74) is 0. The minimum atomic E-state index is -1.63. The van der Waals surface area contributed by atoms with Gasteiger partial charge in [-0.3, -0.25) is 9.59 Å². The number of unbranched alkanes of at least 4 members (excludes halogenated alkanes) is 26. The highest BCUT2D eigenvalue weighted by Gasteiger charge is 2.47. The van der Waals surface area contributed by atoms with E-state index in [1.807, 2.05) is 60.8 Å². The lowest BCUT2D eigenvalue weighted by atomic mass is 9.99. The van der Waals surface area contributed by atoms with Crippen molar-refractivity contribution in [2.75, 3.05) is 13.2 Å². The van der Waals surface area contributed by atoms with Crippen molar-refractivity contribution in [3.05, 3.63) is 109 Å². The van der Waals surface area contributed by atoms with Crippen molar-refractivity contribution in [2.45, 2.75) is 294 Å².